The molecule has 2 heterocycles. The number of aromatic amines is 1. The highest BCUT2D eigenvalue weighted by molar-refractivity contribution is 7.98. The van der Waals surface area contributed by atoms with Gasteiger partial charge in [0, 0.05) is 0 Å². The van der Waals surface area contributed by atoms with Crippen LogP contribution in [-0.4, -0.2) is 32.0 Å². The van der Waals surface area contributed by atoms with Gasteiger partial charge in [0.25, 0.3) is 5.56 Å². The van der Waals surface area contributed by atoms with Gasteiger partial charge in [-0.15, -0.1) is 10.2 Å². The Morgan fingerprint density at radius 2 is 2.00 bits per heavy atom. The minimum Gasteiger partial charge on any atom is -0.496 e. The summed E-state index contributed by atoms with van der Waals surface area (Å²) in [6, 6.07) is 13.0. The molecular formula is C19H18N6O2S. The summed E-state index contributed by atoms with van der Waals surface area (Å²) < 4.78 is 6.77. The van der Waals surface area contributed by atoms with Crippen LogP contribution in [0.25, 0.3) is 22.3 Å². The predicted octanol–water partition coefficient (Wildman–Crippen LogP) is 2.50. The fourth-order valence-corrected chi connectivity index (χ4v) is 3.67. The average Bonchev–Trinajstić information content (AvgIpc) is 3.07. The number of nitrogens with two attached hydrogens (primary N) is 1. The molecule has 0 amide bonds. The average molecular weight is 394 g/mol. The SMILES string of the molecule is COc1ccccc1-c1nnc(SCc2nc3c(C)cccc3c(=O)[nH]2)n1N. The van der Waals surface area contributed by atoms with Crippen molar-refractivity contribution in [2.75, 3.05) is 13.0 Å². The number of fused-ring (bicyclic) bond motifs is 1. The Kier molecular flexibility index (Phi) is 4.74. The van der Waals surface area contributed by atoms with Gasteiger partial charge in [0.05, 0.1) is 29.3 Å². The van der Waals surface area contributed by atoms with Crippen LogP contribution in [0.3, 0.4) is 0 Å². The van der Waals surface area contributed by atoms with Crippen molar-refractivity contribution in [1.82, 2.24) is 24.8 Å². The summed E-state index contributed by atoms with van der Waals surface area (Å²) in [4.78, 5) is 19.7. The van der Waals surface area contributed by atoms with Crippen LogP contribution < -0.4 is 16.1 Å². The lowest BCUT2D eigenvalue weighted by atomic mass is 10.1. The fraction of sp³-hybridized carbons (Fsp3) is 0.158. The highest BCUT2D eigenvalue weighted by Crippen LogP contribution is 2.30. The van der Waals surface area contributed by atoms with E-state index in [4.69, 9.17) is 10.6 Å². The monoisotopic (exact) mass is 394 g/mol. The van der Waals surface area contributed by atoms with Crippen LogP contribution in [0.15, 0.2) is 52.4 Å². The molecule has 4 aromatic rings. The number of benzene rings is 2. The first-order valence-electron chi connectivity index (χ1n) is 8.53. The molecule has 0 saturated heterocycles. The predicted molar refractivity (Wildman–Crippen MR) is 109 cm³/mol. The standard InChI is InChI=1S/C19H18N6O2S/c1-11-6-5-8-13-16(11)21-15(22-18(13)26)10-28-19-24-23-17(25(19)20)12-7-3-4-9-14(12)27-2/h3-9H,10,20H2,1-2H3,(H,21,22,26). The molecule has 9 heteroatoms. The molecule has 0 fully saturated rings. The molecule has 0 radical (unpaired) electrons. The van der Waals surface area contributed by atoms with E-state index in [1.165, 1.54) is 16.4 Å². The van der Waals surface area contributed by atoms with E-state index >= 15 is 0 Å². The number of ether oxygens (including phenoxy) is 1. The molecule has 0 aliphatic rings. The zero-order chi connectivity index (χ0) is 19.7. The second kappa shape index (κ2) is 7.35. The number of methoxy groups -OCH3 is 1. The number of nitrogens with one attached hydrogen (secondary N) is 1. The highest BCUT2D eigenvalue weighted by atomic mass is 32.2. The second-order valence-corrected chi connectivity index (χ2v) is 7.09. The Labute approximate surface area is 164 Å². The summed E-state index contributed by atoms with van der Waals surface area (Å²) >= 11 is 1.34. The molecule has 0 bridgehead atoms. The van der Waals surface area contributed by atoms with Gasteiger partial charge in [-0.25, -0.2) is 9.66 Å². The maximum atomic E-state index is 12.3. The molecule has 4 rings (SSSR count). The van der Waals surface area contributed by atoms with Crippen molar-refractivity contribution in [2.45, 2.75) is 17.8 Å². The Hall–Kier alpha value is -3.33. The quantitative estimate of drug-likeness (QED) is 0.395. The van der Waals surface area contributed by atoms with Gasteiger partial charge >= 0.3 is 0 Å². The molecule has 0 atom stereocenters. The van der Waals surface area contributed by atoms with Crippen molar-refractivity contribution in [3.8, 4) is 17.1 Å². The lowest BCUT2D eigenvalue weighted by Gasteiger charge is -2.08. The van der Waals surface area contributed by atoms with Crippen LogP contribution in [-0.2, 0) is 5.75 Å². The van der Waals surface area contributed by atoms with Crippen molar-refractivity contribution in [3.63, 3.8) is 0 Å². The molecule has 0 unspecified atom stereocenters. The van der Waals surface area contributed by atoms with E-state index in [9.17, 15) is 4.79 Å². The molecule has 2 aromatic carbocycles. The highest BCUT2D eigenvalue weighted by Gasteiger charge is 2.16. The lowest BCUT2D eigenvalue weighted by Crippen LogP contribution is -2.13. The lowest BCUT2D eigenvalue weighted by molar-refractivity contribution is 0.416. The second-order valence-electron chi connectivity index (χ2n) is 6.15. The van der Waals surface area contributed by atoms with Crippen LogP contribution in [0.2, 0.25) is 0 Å². The third-order valence-electron chi connectivity index (χ3n) is 4.34. The van der Waals surface area contributed by atoms with Gasteiger partial charge in [-0.1, -0.05) is 36.0 Å². The fourth-order valence-electron chi connectivity index (χ4n) is 2.94. The summed E-state index contributed by atoms with van der Waals surface area (Å²) in [5.41, 5.74) is 2.24. The normalized spacial score (nSPS) is 11.1. The van der Waals surface area contributed by atoms with E-state index in [0.29, 0.717) is 39.2 Å². The van der Waals surface area contributed by atoms with Crippen molar-refractivity contribution in [3.05, 3.63) is 64.2 Å². The van der Waals surface area contributed by atoms with Gasteiger partial charge in [0.15, 0.2) is 5.82 Å². The molecular weight excluding hydrogens is 376 g/mol. The molecule has 3 N–H and O–H groups in total. The number of para-hydroxylation sites is 2. The Morgan fingerprint density at radius 3 is 2.82 bits per heavy atom. The number of nitrogen functional groups attached to an aromatic ring is 1. The number of H-pyrrole nitrogens is 1. The Morgan fingerprint density at radius 1 is 1.18 bits per heavy atom. The van der Waals surface area contributed by atoms with Gasteiger partial charge in [-0.05, 0) is 30.7 Å². The topological polar surface area (TPSA) is 112 Å². The first-order chi connectivity index (χ1) is 13.6. The van der Waals surface area contributed by atoms with E-state index < -0.39 is 0 Å². The largest absolute Gasteiger partial charge is 0.496 e. The summed E-state index contributed by atoms with van der Waals surface area (Å²) in [6.07, 6.45) is 0. The van der Waals surface area contributed by atoms with Crippen molar-refractivity contribution < 1.29 is 4.74 Å². The Balaban J connectivity index is 1.62. The molecule has 28 heavy (non-hydrogen) atoms. The van der Waals surface area contributed by atoms with Crippen LogP contribution in [0.5, 0.6) is 5.75 Å². The van der Waals surface area contributed by atoms with Crippen molar-refractivity contribution in [1.29, 1.82) is 0 Å². The van der Waals surface area contributed by atoms with Crippen molar-refractivity contribution in [2.24, 2.45) is 0 Å². The van der Waals surface area contributed by atoms with Gasteiger partial charge in [-0.2, -0.15) is 0 Å². The van der Waals surface area contributed by atoms with Gasteiger partial charge in [0.1, 0.15) is 11.6 Å². The smallest absolute Gasteiger partial charge is 0.258 e. The van der Waals surface area contributed by atoms with E-state index in [1.807, 2.05) is 43.3 Å². The first-order valence-corrected chi connectivity index (χ1v) is 9.52. The third kappa shape index (κ3) is 3.20. The van der Waals surface area contributed by atoms with Crippen LogP contribution in [0.1, 0.15) is 11.4 Å². The molecule has 8 nitrogen and oxygen atoms in total. The number of rotatable bonds is 5. The number of hydrogen-bond acceptors (Lipinski definition) is 7. The summed E-state index contributed by atoms with van der Waals surface area (Å²) in [7, 11) is 1.59. The molecule has 0 saturated carbocycles. The molecule has 0 spiro atoms. The number of hydrogen-bond donors (Lipinski definition) is 2. The van der Waals surface area contributed by atoms with Gasteiger partial charge in [-0.3, -0.25) is 4.79 Å². The van der Waals surface area contributed by atoms with E-state index in [1.54, 1.807) is 13.2 Å². The third-order valence-corrected chi connectivity index (χ3v) is 5.29. The van der Waals surface area contributed by atoms with Crippen molar-refractivity contribution >= 4 is 22.7 Å². The molecule has 0 aliphatic heterocycles. The number of nitrogens with zero attached hydrogens (tertiary/aromatic N) is 4. The zero-order valence-corrected chi connectivity index (χ0v) is 16.2. The maximum Gasteiger partial charge on any atom is 0.258 e. The summed E-state index contributed by atoms with van der Waals surface area (Å²) in [6.45, 7) is 1.93. The van der Waals surface area contributed by atoms with Crippen LogP contribution in [0, 0.1) is 6.92 Å². The van der Waals surface area contributed by atoms with E-state index in [0.717, 1.165) is 11.1 Å². The van der Waals surface area contributed by atoms with E-state index in [-0.39, 0.29) is 5.56 Å². The van der Waals surface area contributed by atoms with Gasteiger partial charge in [0.2, 0.25) is 5.16 Å². The summed E-state index contributed by atoms with van der Waals surface area (Å²) in [5, 5.41) is 9.43. The van der Waals surface area contributed by atoms with E-state index in [2.05, 4.69) is 20.2 Å². The minimum absolute atomic E-state index is 0.159. The van der Waals surface area contributed by atoms with Crippen LogP contribution in [0.4, 0.5) is 0 Å². The van der Waals surface area contributed by atoms with Gasteiger partial charge < -0.3 is 15.6 Å². The zero-order valence-electron chi connectivity index (χ0n) is 15.3. The minimum atomic E-state index is -0.159. The first kappa shape index (κ1) is 18.1. The number of thioether (sulfide) groups is 1. The molecule has 142 valence electrons. The molecule has 0 aliphatic carbocycles. The molecule has 2 aromatic heterocycles. The maximum absolute atomic E-state index is 12.3. The number of aromatic nitrogens is 5. The Bertz CT molecular complexity index is 1220. The van der Waals surface area contributed by atoms with Crippen LogP contribution >= 0.6 is 11.8 Å². The summed E-state index contributed by atoms with van der Waals surface area (Å²) in [5.74, 6) is 8.31. The number of aryl methyl sites for hydroxylation is 1.